The quantitative estimate of drug-likeness (QED) is 0.0860. The first-order valence-electron chi connectivity index (χ1n) is 19.6. The van der Waals surface area contributed by atoms with E-state index in [2.05, 4.69) is 31.0 Å². The molecule has 1 fully saturated rings. The maximum atomic E-state index is 12.5. The number of nitrogens with one attached hydrogen (secondary N) is 1. The van der Waals surface area contributed by atoms with Gasteiger partial charge in [-0.15, -0.1) is 0 Å². The van der Waals surface area contributed by atoms with E-state index in [4.69, 9.17) is 9.47 Å². The second-order valence-corrected chi connectivity index (χ2v) is 16.6. The first-order valence-corrected chi connectivity index (χ1v) is 19.6. The first-order chi connectivity index (χ1) is 27.1. The van der Waals surface area contributed by atoms with Crippen LogP contribution in [0.1, 0.15) is 68.0 Å². The Labute approximate surface area is 332 Å². The summed E-state index contributed by atoms with van der Waals surface area (Å²) in [6.07, 6.45) is 2.65. The molecule has 0 spiro atoms. The number of aryl methyl sites for hydroxylation is 2. The van der Waals surface area contributed by atoms with E-state index in [1.54, 1.807) is 18.2 Å². The average Bonchev–Trinajstić information content (AvgIpc) is 3.15. The number of nitrogens with zero attached hydrogens (tertiary/aromatic N) is 1. The highest BCUT2D eigenvalue weighted by atomic mass is 16.5. The van der Waals surface area contributed by atoms with Crippen LogP contribution in [-0.2, 0) is 6.42 Å². The SMILES string of the molecule is COc1cc(C)cc2c(C3=C(O)C=C(O)[C@@H]4[C@@H]3C[C@@H](C)N(C)[C@@H]4C)cc(-c3cc(-c4c(O)c(O)cc5c4C[C@@H](C)N[C@H]5C)c4cc(C)cc(OC)c4c3O)c(O)c12. The number of rotatable bonds is 5. The molecule has 6 atom stereocenters. The van der Waals surface area contributed by atoms with E-state index in [1.807, 2.05) is 52.1 Å². The molecule has 10 heteroatoms. The van der Waals surface area contributed by atoms with Crippen molar-refractivity contribution < 1.29 is 40.1 Å². The summed E-state index contributed by atoms with van der Waals surface area (Å²) in [5, 5.41) is 76.8. The predicted octanol–water partition coefficient (Wildman–Crippen LogP) is 9.45. The van der Waals surface area contributed by atoms with Gasteiger partial charge in [-0.2, -0.15) is 0 Å². The second-order valence-electron chi connectivity index (χ2n) is 16.6. The maximum Gasteiger partial charge on any atom is 0.165 e. The molecule has 1 saturated heterocycles. The number of piperidine rings is 1. The van der Waals surface area contributed by atoms with Crippen LogP contribution in [-0.4, -0.2) is 74.9 Å². The number of hydrogen-bond acceptors (Lipinski definition) is 10. The fourth-order valence-electron chi connectivity index (χ4n) is 10.2. The van der Waals surface area contributed by atoms with Gasteiger partial charge < -0.3 is 50.3 Å². The third kappa shape index (κ3) is 5.83. The standard InChI is InChI=1S/C47H52N2O8/c1-20-10-27-30(41-34-15-23(4)49(7)25(6)40(34)35(50)19-36(41)51)16-32(45(53)43(27)38(12-20)56-8)33-17-31(28-11-21(2)13-39(57-9)44(28)46(33)54)42-29-14-22(3)48-24(5)26(29)18-37(52)47(42)55/h10-13,16-19,22-25,34,40,48,50-55H,14-15H2,1-9H3/t22-,23-,24+,25-,34+,40+/m1/s1. The summed E-state index contributed by atoms with van der Waals surface area (Å²) in [5.74, 6) is -0.584. The number of benzene rings is 5. The van der Waals surface area contributed by atoms with Crippen LogP contribution in [0.4, 0.5) is 0 Å². The van der Waals surface area contributed by atoms with E-state index in [-0.39, 0.29) is 81.6 Å². The third-order valence-corrected chi connectivity index (χ3v) is 13.0. The van der Waals surface area contributed by atoms with E-state index in [1.165, 1.54) is 20.3 Å². The fourth-order valence-corrected chi connectivity index (χ4v) is 10.2. The second kappa shape index (κ2) is 13.8. The number of likely N-dealkylation sites (tertiary alicyclic amines) is 1. The van der Waals surface area contributed by atoms with Crippen molar-refractivity contribution in [3.63, 3.8) is 0 Å². The van der Waals surface area contributed by atoms with Crippen LogP contribution in [0.3, 0.4) is 0 Å². The highest BCUT2D eigenvalue weighted by Gasteiger charge is 2.45. The Morgan fingerprint density at radius 3 is 1.84 bits per heavy atom. The van der Waals surface area contributed by atoms with Crippen molar-refractivity contribution in [1.82, 2.24) is 10.2 Å². The highest BCUT2D eigenvalue weighted by molar-refractivity contribution is 6.12. The van der Waals surface area contributed by atoms with Crippen molar-refractivity contribution in [3.05, 3.63) is 87.9 Å². The van der Waals surface area contributed by atoms with Gasteiger partial charge in [-0.1, -0.05) is 12.1 Å². The molecule has 10 nitrogen and oxygen atoms in total. The van der Waals surface area contributed by atoms with Crippen LogP contribution < -0.4 is 14.8 Å². The smallest absolute Gasteiger partial charge is 0.165 e. The Balaban J connectivity index is 1.52. The number of fused-ring (bicyclic) bond motifs is 4. The molecule has 2 heterocycles. The number of hydrogen-bond donors (Lipinski definition) is 7. The van der Waals surface area contributed by atoms with Crippen molar-refractivity contribution in [2.24, 2.45) is 11.8 Å². The van der Waals surface area contributed by atoms with Gasteiger partial charge in [0.15, 0.2) is 11.5 Å². The van der Waals surface area contributed by atoms with E-state index < -0.39 is 0 Å². The molecule has 0 radical (unpaired) electrons. The number of allylic oxidation sites excluding steroid dienone is 2. The van der Waals surface area contributed by atoms with Crippen molar-refractivity contribution in [2.75, 3.05) is 21.3 Å². The van der Waals surface area contributed by atoms with Gasteiger partial charge in [0.2, 0.25) is 0 Å². The molecule has 0 unspecified atom stereocenters. The van der Waals surface area contributed by atoms with Crippen molar-refractivity contribution in [2.45, 2.75) is 78.6 Å². The zero-order chi connectivity index (χ0) is 40.9. The molecule has 8 rings (SSSR count). The van der Waals surface area contributed by atoms with Crippen molar-refractivity contribution >= 4 is 27.1 Å². The molecule has 7 N–H and O–H groups in total. The summed E-state index contributed by atoms with van der Waals surface area (Å²) in [6.45, 7) is 12.2. The van der Waals surface area contributed by atoms with Gasteiger partial charge in [0.05, 0.1) is 25.0 Å². The van der Waals surface area contributed by atoms with Crippen molar-refractivity contribution in [3.8, 4) is 56.8 Å². The maximum absolute atomic E-state index is 12.5. The topological polar surface area (TPSA) is 155 Å². The summed E-state index contributed by atoms with van der Waals surface area (Å²) < 4.78 is 11.8. The number of methoxy groups -OCH3 is 2. The van der Waals surface area contributed by atoms with Crippen LogP contribution in [0.25, 0.3) is 49.4 Å². The van der Waals surface area contributed by atoms with Gasteiger partial charge >= 0.3 is 0 Å². The summed E-state index contributed by atoms with van der Waals surface area (Å²) in [6, 6.07) is 12.8. The van der Waals surface area contributed by atoms with Gasteiger partial charge in [-0.25, -0.2) is 0 Å². The first kappa shape index (κ1) is 38.3. The van der Waals surface area contributed by atoms with Crippen LogP contribution in [0.5, 0.6) is 34.5 Å². The lowest BCUT2D eigenvalue weighted by Crippen LogP contribution is -2.51. The monoisotopic (exact) mass is 772 g/mol. The minimum Gasteiger partial charge on any atom is -0.512 e. The van der Waals surface area contributed by atoms with Gasteiger partial charge in [-0.05, 0) is 136 Å². The summed E-state index contributed by atoms with van der Waals surface area (Å²) in [7, 11) is 5.12. The van der Waals surface area contributed by atoms with Gasteiger partial charge in [0.25, 0.3) is 0 Å². The zero-order valence-electron chi connectivity index (χ0n) is 33.9. The fraction of sp³-hybridized carbons (Fsp3) is 0.362. The predicted molar refractivity (Wildman–Crippen MR) is 225 cm³/mol. The Bertz CT molecular complexity index is 2570. The number of aliphatic hydroxyl groups excluding tert-OH is 2. The van der Waals surface area contributed by atoms with Crippen molar-refractivity contribution in [1.29, 1.82) is 0 Å². The highest BCUT2D eigenvalue weighted by Crippen LogP contribution is 2.56. The van der Waals surface area contributed by atoms with Crippen LogP contribution in [0, 0.1) is 25.7 Å². The lowest BCUT2D eigenvalue weighted by molar-refractivity contribution is 0.0523. The Morgan fingerprint density at radius 2 is 1.26 bits per heavy atom. The van der Waals surface area contributed by atoms with E-state index in [0.29, 0.717) is 68.1 Å². The number of phenolic OH excluding ortho intramolecular Hbond substituents is 4. The number of ether oxygens (including phenoxy) is 2. The molecule has 0 bridgehead atoms. The number of aliphatic hydroxyl groups is 2. The molecule has 5 aromatic rings. The third-order valence-electron chi connectivity index (χ3n) is 13.0. The number of aromatic hydroxyl groups is 4. The summed E-state index contributed by atoms with van der Waals surface area (Å²) >= 11 is 0. The largest absolute Gasteiger partial charge is 0.512 e. The molecule has 3 aliphatic rings. The van der Waals surface area contributed by atoms with Crippen LogP contribution >= 0.6 is 0 Å². The molecule has 298 valence electrons. The molecule has 57 heavy (non-hydrogen) atoms. The normalized spacial score (nSPS) is 23.7. The molecular weight excluding hydrogens is 721 g/mol. The molecular formula is C47H52N2O8. The van der Waals surface area contributed by atoms with E-state index in [9.17, 15) is 30.6 Å². The molecule has 0 amide bonds. The molecule has 0 aromatic heterocycles. The van der Waals surface area contributed by atoms with E-state index in [0.717, 1.165) is 22.3 Å². The zero-order valence-corrected chi connectivity index (χ0v) is 33.9. The lowest BCUT2D eigenvalue weighted by Gasteiger charge is -2.48. The molecule has 1 aliphatic carbocycles. The number of phenols is 4. The molecule has 2 aliphatic heterocycles. The Morgan fingerprint density at radius 1 is 0.702 bits per heavy atom. The van der Waals surface area contributed by atoms with Crippen LogP contribution in [0.15, 0.2) is 60.1 Å². The van der Waals surface area contributed by atoms with Crippen LogP contribution in [0.2, 0.25) is 0 Å². The van der Waals surface area contributed by atoms with Gasteiger partial charge in [0, 0.05) is 64.3 Å². The molecule has 5 aromatic carbocycles. The summed E-state index contributed by atoms with van der Waals surface area (Å²) in [5.41, 5.74) is 6.17. The van der Waals surface area contributed by atoms with Gasteiger partial charge in [-0.3, -0.25) is 0 Å². The Hall–Kier alpha value is -5.58. The van der Waals surface area contributed by atoms with Gasteiger partial charge in [0.1, 0.15) is 34.5 Å². The minimum absolute atomic E-state index is 0.0400. The minimum atomic E-state index is -0.302. The summed E-state index contributed by atoms with van der Waals surface area (Å²) in [4.78, 5) is 2.25. The van der Waals surface area contributed by atoms with E-state index >= 15 is 0 Å². The Kier molecular flexibility index (Phi) is 9.28. The molecule has 0 saturated carbocycles. The average molecular weight is 773 g/mol. The lowest BCUT2D eigenvalue weighted by atomic mass is 9.68.